The number of hydrogen-bond donors (Lipinski definition) is 2. The maximum Gasteiger partial charge on any atom is 0.371 e. The van der Waals surface area contributed by atoms with Gasteiger partial charge in [0.1, 0.15) is 0 Å². The van der Waals surface area contributed by atoms with Gasteiger partial charge in [0.05, 0.1) is 0 Å². The zero-order valence-corrected chi connectivity index (χ0v) is 9.47. The predicted octanol–water partition coefficient (Wildman–Crippen LogP) is 1.01. The summed E-state index contributed by atoms with van der Waals surface area (Å²) in [4.78, 5) is 23.6. The first kappa shape index (κ1) is 11.5. The number of carbonyl (C=O) groups excluding carboxylic acids is 1. The maximum absolute atomic E-state index is 11.3. The van der Waals surface area contributed by atoms with Crippen molar-refractivity contribution < 1.29 is 19.1 Å². The van der Waals surface area contributed by atoms with E-state index in [0.29, 0.717) is 18.8 Å². The molecule has 2 heterocycles. The number of furan rings is 1. The molecule has 1 atom stereocenters. The fourth-order valence-corrected chi connectivity index (χ4v) is 1.86. The van der Waals surface area contributed by atoms with Crippen molar-refractivity contribution in [2.24, 2.45) is 0 Å². The van der Waals surface area contributed by atoms with Crippen LogP contribution in [0.5, 0.6) is 0 Å². The van der Waals surface area contributed by atoms with Gasteiger partial charge in [-0.1, -0.05) is 0 Å². The van der Waals surface area contributed by atoms with Gasteiger partial charge in [0.15, 0.2) is 5.88 Å². The third kappa shape index (κ3) is 2.58. The number of nitrogens with zero attached hydrogens (tertiary/aromatic N) is 1. The summed E-state index contributed by atoms with van der Waals surface area (Å²) in [7, 11) is 1.75. The van der Waals surface area contributed by atoms with E-state index in [4.69, 9.17) is 9.52 Å². The molecule has 0 aliphatic carbocycles. The first-order valence-corrected chi connectivity index (χ1v) is 5.40. The normalized spacial score (nSPS) is 20.4. The number of aromatic carboxylic acids is 1. The van der Waals surface area contributed by atoms with E-state index in [-0.39, 0.29) is 17.7 Å². The van der Waals surface area contributed by atoms with Gasteiger partial charge in [-0.2, -0.15) is 0 Å². The first-order valence-electron chi connectivity index (χ1n) is 5.40. The van der Waals surface area contributed by atoms with Crippen LogP contribution in [0, 0.1) is 0 Å². The number of likely N-dealkylation sites (N-methyl/N-ethyl adjacent to an activating group) is 1. The lowest BCUT2D eigenvalue weighted by molar-refractivity contribution is -0.132. The largest absolute Gasteiger partial charge is 0.475 e. The molecule has 0 aromatic carbocycles. The molecule has 2 N–H and O–H groups in total. The molecular weight excluding hydrogens is 224 g/mol. The SMILES string of the molecule is CN1CC(Nc2ccc(C(=O)O)o2)CCC1=O. The topological polar surface area (TPSA) is 82.8 Å². The van der Waals surface area contributed by atoms with Gasteiger partial charge in [-0.3, -0.25) is 4.79 Å². The van der Waals surface area contributed by atoms with Crippen LogP contribution in [0.25, 0.3) is 0 Å². The Kier molecular flexibility index (Phi) is 3.03. The van der Waals surface area contributed by atoms with E-state index in [1.54, 1.807) is 18.0 Å². The third-order valence-electron chi connectivity index (χ3n) is 2.79. The smallest absolute Gasteiger partial charge is 0.371 e. The zero-order chi connectivity index (χ0) is 12.4. The van der Waals surface area contributed by atoms with Crippen molar-refractivity contribution in [3.63, 3.8) is 0 Å². The van der Waals surface area contributed by atoms with Crippen molar-refractivity contribution >= 4 is 17.8 Å². The van der Waals surface area contributed by atoms with Crippen LogP contribution < -0.4 is 5.32 Å². The second-order valence-electron chi connectivity index (χ2n) is 4.12. The lowest BCUT2D eigenvalue weighted by Crippen LogP contribution is -2.43. The number of carboxylic acid groups (broad SMARTS) is 1. The Bertz CT molecular complexity index is 440. The molecule has 1 amide bonds. The standard InChI is InChI=1S/C11H14N2O4/c1-13-6-7(2-5-10(13)14)12-9-4-3-8(17-9)11(15)16/h3-4,7,12H,2,5-6H2,1H3,(H,15,16). The molecule has 6 heteroatoms. The van der Waals surface area contributed by atoms with Crippen LogP contribution in [0.15, 0.2) is 16.5 Å². The maximum atomic E-state index is 11.3. The van der Waals surface area contributed by atoms with Gasteiger partial charge < -0.3 is 19.7 Å². The molecule has 1 aromatic heterocycles. The highest BCUT2D eigenvalue weighted by molar-refractivity contribution is 5.84. The van der Waals surface area contributed by atoms with Gasteiger partial charge in [0, 0.05) is 32.1 Å². The Labute approximate surface area is 98.2 Å². The van der Waals surface area contributed by atoms with Crippen molar-refractivity contribution in [3.05, 3.63) is 17.9 Å². The van der Waals surface area contributed by atoms with Crippen LogP contribution in [0.3, 0.4) is 0 Å². The Morgan fingerprint density at radius 2 is 2.35 bits per heavy atom. The fraction of sp³-hybridized carbons (Fsp3) is 0.455. The van der Waals surface area contributed by atoms with Crippen molar-refractivity contribution in [2.75, 3.05) is 18.9 Å². The Morgan fingerprint density at radius 1 is 1.59 bits per heavy atom. The Morgan fingerprint density at radius 3 is 2.94 bits per heavy atom. The van der Waals surface area contributed by atoms with Crippen molar-refractivity contribution in [1.29, 1.82) is 0 Å². The molecule has 1 saturated heterocycles. The van der Waals surface area contributed by atoms with Crippen LogP contribution in [-0.2, 0) is 4.79 Å². The lowest BCUT2D eigenvalue weighted by Gasteiger charge is -2.29. The van der Waals surface area contributed by atoms with Crippen LogP contribution in [0.2, 0.25) is 0 Å². The van der Waals surface area contributed by atoms with E-state index in [1.165, 1.54) is 6.07 Å². The predicted molar refractivity (Wildman–Crippen MR) is 59.9 cm³/mol. The number of likely N-dealkylation sites (tertiary alicyclic amines) is 1. The molecule has 6 nitrogen and oxygen atoms in total. The minimum Gasteiger partial charge on any atom is -0.475 e. The summed E-state index contributed by atoms with van der Waals surface area (Å²) in [6.07, 6.45) is 1.23. The van der Waals surface area contributed by atoms with E-state index in [2.05, 4.69) is 5.32 Å². The fourth-order valence-electron chi connectivity index (χ4n) is 1.86. The van der Waals surface area contributed by atoms with Crippen molar-refractivity contribution in [2.45, 2.75) is 18.9 Å². The quantitative estimate of drug-likeness (QED) is 0.821. The average Bonchev–Trinajstić information content (AvgIpc) is 2.72. The number of anilines is 1. The van der Waals surface area contributed by atoms with Gasteiger partial charge in [-0.05, 0) is 12.5 Å². The van der Waals surface area contributed by atoms with Crippen LogP contribution in [0.4, 0.5) is 5.88 Å². The number of carbonyl (C=O) groups is 2. The second-order valence-corrected chi connectivity index (χ2v) is 4.12. The van der Waals surface area contributed by atoms with Gasteiger partial charge in [0.2, 0.25) is 11.7 Å². The molecule has 0 bridgehead atoms. The van der Waals surface area contributed by atoms with Crippen molar-refractivity contribution in [3.8, 4) is 0 Å². The first-order chi connectivity index (χ1) is 8.06. The number of piperidine rings is 1. The molecule has 0 radical (unpaired) electrons. The summed E-state index contributed by atoms with van der Waals surface area (Å²) >= 11 is 0. The summed E-state index contributed by atoms with van der Waals surface area (Å²) in [6.45, 7) is 0.599. The second kappa shape index (κ2) is 4.48. The van der Waals surface area contributed by atoms with E-state index < -0.39 is 5.97 Å². The van der Waals surface area contributed by atoms with Crippen LogP contribution in [0.1, 0.15) is 23.4 Å². The highest BCUT2D eigenvalue weighted by Crippen LogP contribution is 2.18. The van der Waals surface area contributed by atoms with Gasteiger partial charge >= 0.3 is 5.97 Å². The molecule has 0 saturated carbocycles. The average molecular weight is 238 g/mol. The molecule has 1 aliphatic heterocycles. The molecule has 0 spiro atoms. The Hall–Kier alpha value is -1.98. The van der Waals surface area contributed by atoms with Crippen LogP contribution >= 0.6 is 0 Å². The summed E-state index contributed by atoms with van der Waals surface area (Å²) in [5.74, 6) is -0.620. The lowest BCUT2D eigenvalue weighted by atomic mass is 10.1. The number of hydrogen-bond acceptors (Lipinski definition) is 4. The van der Waals surface area contributed by atoms with Gasteiger partial charge in [-0.25, -0.2) is 4.79 Å². The molecule has 2 rings (SSSR count). The summed E-state index contributed by atoms with van der Waals surface area (Å²) in [6, 6.07) is 3.09. The molecule has 92 valence electrons. The molecule has 17 heavy (non-hydrogen) atoms. The minimum absolute atomic E-state index is 0.0901. The molecule has 1 fully saturated rings. The summed E-state index contributed by atoms with van der Waals surface area (Å²) < 4.78 is 5.10. The van der Waals surface area contributed by atoms with Gasteiger partial charge in [0.25, 0.3) is 0 Å². The van der Waals surface area contributed by atoms with E-state index in [0.717, 1.165) is 6.42 Å². The Balaban J connectivity index is 1.96. The van der Waals surface area contributed by atoms with E-state index in [9.17, 15) is 9.59 Å². The molecule has 1 aromatic rings. The van der Waals surface area contributed by atoms with Crippen LogP contribution in [-0.4, -0.2) is 41.5 Å². The number of amides is 1. The molecular formula is C11H14N2O4. The zero-order valence-electron chi connectivity index (χ0n) is 9.47. The van der Waals surface area contributed by atoms with Gasteiger partial charge in [-0.15, -0.1) is 0 Å². The highest BCUT2D eigenvalue weighted by Gasteiger charge is 2.23. The number of nitrogens with one attached hydrogen (secondary N) is 1. The summed E-state index contributed by atoms with van der Waals surface area (Å²) in [5.41, 5.74) is 0. The van der Waals surface area contributed by atoms with Crippen molar-refractivity contribution in [1.82, 2.24) is 4.90 Å². The third-order valence-corrected chi connectivity index (χ3v) is 2.79. The van der Waals surface area contributed by atoms with E-state index in [1.807, 2.05) is 0 Å². The number of rotatable bonds is 3. The number of carboxylic acids is 1. The monoisotopic (exact) mass is 238 g/mol. The molecule has 1 unspecified atom stereocenters. The highest BCUT2D eigenvalue weighted by atomic mass is 16.4. The van der Waals surface area contributed by atoms with E-state index >= 15 is 0 Å². The summed E-state index contributed by atoms with van der Waals surface area (Å²) in [5, 5.41) is 11.8. The molecule has 1 aliphatic rings. The minimum atomic E-state index is -1.09.